The fraction of sp³-hybridized carbons (Fsp3) is 0.429. The summed E-state index contributed by atoms with van der Waals surface area (Å²) in [6, 6.07) is 8.90. The molecule has 0 saturated heterocycles. The number of rotatable bonds is 4. The highest BCUT2D eigenvalue weighted by Gasteiger charge is 2.26. The normalized spacial score (nSPS) is 23.1. The van der Waals surface area contributed by atoms with Crippen molar-refractivity contribution in [1.82, 2.24) is 0 Å². The van der Waals surface area contributed by atoms with E-state index >= 15 is 0 Å². The lowest BCUT2D eigenvalue weighted by molar-refractivity contribution is 0.775. The molecule has 0 nitrogen and oxygen atoms in total. The first-order chi connectivity index (χ1) is 7.26. The molecule has 1 heterocycles. The summed E-state index contributed by atoms with van der Waals surface area (Å²) in [6.45, 7) is 4.75. The lowest BCUT2D eigenvalue weighted by atomic mass is 10.2. The maximum absolute atomic E-state index is 2.49. The Morgan fingerprint density at radius 1 is 1.13 bits per heavy atom. The summed E-state index contributed by atoms with van der Waals surface area (Å²) in [4.78, 5) is 0. The molecule has 0 spiro atoms. The molecule has 0 amide bonds. The van der Waals surface area contributed by atoms with Gasteiger partial charge in [-0.3, -0.25) is 0 Å². The Bertz CT molecular complexity index is 367. The number of benzene rings is 1. The Labute approximate surface area is 93.7 Å². The number of hydrogen-bond donors (Lipinski definition) is 0. The highest BCUT2D eigenvalue weighted by molar-refractivity contribution is 7.85. The van der Waals surface area contributed by atoms with E-state index in [0.29, 0.717) is 0 Å². The molecule has 1 unspecified atom stereocenters. The van der Waals surface area contributed by atoms with Gasteiger partial charge >= 0.3 is 0 Å². The average molecular weight is 219 g/mol. The monoisotopic (exact) mass is 219 g/mol. The van der Waals surface area contributed by atoms with Crippen LogP contribution in [0.25, 0.3) is 6.08 Å². The van der Waals surface area contributed by atoms with Crippen LogP contribution in [0.1, 0.15) is 31.7 Å². The van der Waals surface area contributed by atoms with Crippen LogP contribution in [0.3, 0.4) is 0 Å². The molecule has 1 heteroatoms. The maximum Gasteiger partial charge on any atom is -0.0175 e. The highest BCUT2D eigenvalue weighted by Crippen LogP contribution is 2.60. The van der Waals surface area contributed by atoms with E-state index in [1.807, 2.05) is 0 Å². The fourth-order valence-corrected chi connectivity index (χ4v) is 5.39. The molecule has 81 valence electrons. The van der Waals surface area contributed by atoms with Crippen LogP contribution in [0.4, 0.5) is 0 Å². The summed E-state index contributed by atoms with van der Waals surface area (Å²) in [5, 5.41) is 1.63. The summed E-state index contributed by atoms with van der Waals surface area (Å²) < 4.78 is 0. The predicted molar refractivity (Wildman–Crippen MR) is 72.3 cm³/mol. The zero-order valence-corrected chi connectivity index (χ0v) is 10.6. The average Bonchev–Trinajstić information content (AvgIpc) is 2.59. The molecule has 0 aliphatic carbocycles. The van der Waals surface area contributed by atoms with Gasteiger partial charge < -0.3 is 0 Å². The Morgan fingerprint density at radius 2 is 1.93 bits per heavy atom. The third kappa shape index (κ3) is 2.16. The molecule has 15 heavy (non-hydrogen) atoms. The largest absolute Gasteiger partial charge is 0.0796 e. The van der Waals surface area contributed by atoms with Gasteiger partial charge in [-0.1, -0.05) is 63.2 Å². The van der Waals surface area contributed by atoms with Crippen molar-refractivity contribution in [3.8, 4) is 0 Å². The van der Waals surface area contributed by atoms with Crippen molar-refractivity contribution in [1.29, 1.82) is 0 Å². The van der Waals surface area contributed by atoms with E-state index in [1.165, 1.54) is 31.0 Å². The smallest absolute Gasteiger partial charge is 0.0175 e. The number of fused-ring (bicyclic) bond motifs is 1. The fourth-order valence-electron chi connectivity index (χ4n) is 2.30. The molecule has 0 N–H and O–H groups in total. The Morgan fingerprint density at radius 3 is 2.73 bits per heavy atom. The van der Waals surface area contributed by atoms with Crippen molar-refractivity contribution in [2.24, 2.45) is 0 Å². The van der Waals surface area contributed by atoms with Crippen molar-refractivity contribution in [2.75, 3.05) is 12.8 Å². The first-order valence-corrected chi connectivity index (χ1v) is 8.39. The standard InChI is InChI=1S/C14H20P/c1-3-4-7-11-15(2)12-10-13-8-5-6-9-14(13)15/h5-6,8-10,12H,3-4,7,11H2,1-2H3. The third-order valence-electron chi connectivity index (χ3n) is 3.30. The molecule has 1 aliphatic rings. The van der Waals surface area contributed by atoms with E-state index in [9.17, 15) is 0 Å². The van der Waals surface area contributed by atoms with Gasteiger partial charge in [0, 0.05) is 0 Å². The minimum Gasteiger partial charge on any atom is -0.0796 e. The summed E-state index contributed by atoms with van der Waals surface area (Å²) in [5.74, 6) is 2.49. The second-order valence-corrected chi connectivity index (χ2v) is 8.34. The van der Waals surface area contributed by atoms with Gasteiger partial charge in [-0.15, -0.1) is 0 Å². The van der Waals surface area contributed by atoms with Crippen LogP contribution in [-0.2, 0) is 0 Å². The van der Waals surface area contributed by atoms with Crippen molar-refractivity contribution >= 4 is 18.6 Å². The second-order valence-electron chi connectivity index (χ2n) is 4.57. The third-order valence-corrected chi connectivity index (χ3v) is 6.86. The Balaban J connectivity index is 2.14. The van der Waals surface area contributed by atoms with E-state index in [0.717, 1.165) is 0 Å². The first kappa shape index (κ1) is 10.9. The van der Waals surface area contributed by atoms with E-state index in [2.05, 4.69) is 49.7 Å². The van der Waals surface area contributed by atoms with Crippen molar-refractivity contribution in [3.63, 3.8) is 0 Å². The minimum atomic E-state index is -0.920. The Hall–Kier alpha value is -0.610. The van der Waals surface area contributed by atoms with E-state index in [-0.39, 0.29) is 0 Å². The zero-order valence-electron chi connectivity index (χ0n) is 9.74. The minimum absolute atomic E-state index is 0.920. The lowest BCUT2D eigenvalue weighted by Crippen LogP contribution is -2.10. The molecule has 1 aromatic carbocycles. The predicted octanol–water partition coefficient (Wildman–Crippen LogP) is 4.13. The molecule has 0 fully saturated rings. The van der Waals surface area contributed by atoms with Crippen LogP contribution in [0.15, 0.2) is 30.1 Å². The molecule has 1 atom stereocenters. The van der Waals surface area contributed by atoms with Crippen LogP contribution in [0, 0.1) is 0 Å². The quantitative estimate of drug-likeness (QED) is 0.527. The van der Waals surface area contributed by atoms with Crippen molar-refractivity contribution in [2.45, 2.75) is 26.2 Å². The van der Waals surface area contributed by atoms with Gasteiger partial charge in [0.05, 0.1) is 0 Å². The first-order valence-electron chi connectivity index (χ1n) is 5.90. The van der Waals surface area contributed by atoms with Crippen LogP contribution in [0.2, 0.25) is 0 Å². The van der Waals surface area contributed by atoms with E-state index < -0.39 is 7.26 Å². The lowest BCUT2D eigenvalue weighted by Gasteiger charge is -2.26. The van der Waals surface area contributed by atoms with E-state index in [4.69, 9.17) is 0 Å². The summed E-state index contributed by atoms with van der Waals surface area (Å²) in [6.07, 6.45) is 7.82. The SMILES string of the molecule is CCCCC[P]1(C)C=Cc2ccccc21. The molecule has 2 rings (SSSR count). The van der Waals surface area contributed by atoms with Crippen molar-refractivity contribution in [3.05, 3.63) is 35.6 Å². The van der Waals surface area contributed by atoms with Gasteiger partial charge in [-0.25, -0.2) is 0 Å². The molecule has 0 aromatic heterocycles. The van der Waals surface area contributed by atoms with Crippen LogP contribution >= 0.6 is 7.26 Å². The summed E-state index contributed by atoms with van der Waals surface area (Å²) in [5.41, 5.74) is 1.46. The van der Waals surface area contributed by atoms with Gasteiger partial charge in [-0.2, -0.15) is 0 Å². The zero-order chi connectivity index (χ0) is 10.7. The van der Waals surface area contributed by atoms with Gasteiger partial charge in [0.1, 0.15) is 0 Å². The second kappa shape index (κ2) is 4.49. The van der Waals surface area contributed by atoms with Gasteiger partial charge in [0.25, 0.3) is 0 Å². The summed E-state index contributed by atoms with van der Waals surface area (Å²) in [7, 11) is -0.920. The highest BCUT2D eigenvalue weighted by atomic mass is 31.2. The van der Waals surface area contributed by atoms with Gasteiger partial charge in [-0.05, 0) is 30.1 Å². The number of unbranched alkanes of at least 4 members (excludes halogenated alkanes) is 2. The molecule has 1 radical (unpaired) electrons. The number of hydrogen-bond acceptors (Lipinski definition) is 0. The van der Waals surface area contributed by atoms with Crippen LogP contribution in [-0.4, -0.2) is 12.8 Å². The maximum atomic E-state index is 2.49. The molecule has 0 saturated carbocycles. The molecular formula is C14H20P. The van der Waals surface area contributed by atoms with E-state index in [1.54, 1.807) is 5.30 Å². The van der Waals surface area contributed by atoms with Crippen molar-refractivity contribution < 1.29 is 0 Å². The van der Waals surface area contributed by atoms with Crippen LogP contribution < -0.4 is 5.30 Å². The van der Waals surface area contributed by atoms with Crippen LogP contribution in [0.5, 0.6) is 0 Å². The molecule has 0 bridgehead atoms. The molecule has 1 aromatic rings. The van der Waals surface area contributed by atoms with Gasteiger partial charge in [0.2, 0.25) is 0 Å². The van der Waals surface area contributed by atoms with Gasteiger partial charge in [0.15, 0.2) is 0 Å². The summed E-state index contributed by atoms with van der Waals surface area (Å²) >= 11 is 0. The molecule has 1 aliphatic heterocycles. The Kier molecular flexibility index (Phi) is 3.26. The molecular weight excluding hydrogens is 199 g/mol. The topological polar surface area (TPSA) is 0 Å².